The first-order valence-corrected chi connectivity index (χ1v) is 9.94. The first kappa shape index (κ1) is 23.9. The molecule has 1 heterocycles. The lowest BCUT2D eigenvalue weighted by atomic mass is 10.2. The minimum Gasteiger partial charge on any atom is -0.370 e. The normalized spacial score (nSPS) is 14.3. The lowest BCUT2D eigenvalue weighted by Crippen LogP contribution is -2.51. The largest absolute Gasteiger partial charge is 0.370 e. The molecule has 30 heavy (non-hydrogen) atoms. The number of hydrogen-bond donors (Lipinski definition) is 1. The molecule has 1 saturated heterocycles. The number of carbonyl (C=O) groups is 1. The van der Waals surface area contributed by atoms with Gasteiger partial charge in [-0.25, -0.2) is 9.38 Å². The molecule has 0 spiro atoms. The van der Waals surface area contributed by atoms with Gasteiger partial charge in [0.1, 0.15) is 12.4 Å². The Morgan fingerprint density at radius 3 is 2.30 bits per heavy atom. The van der Waals surface area contributed by atoms with Gasteiger partial charge in [-0.05, 0) is 36.8 Å². The second-order valence-electron chi connectivity index (χ2n) is 7.02. The second-order valence-corrected chi connectivity index (χ2v) is 7.02. The summed E-state index contributed by atoms with van der Waals surface area (Å²) in [6.45, 7) is 6.16. The van der Waals surface area contributed by atoms with E-state index < -0.39 is 0 Å². The highest BCUT2D eigenvalue weighted by atomic mass is 127. The maximum absolute atomic E-state index is 13.1. The van der Waals surface area contributed by atoms with E-state index in [1.165, 1.54) is 12.1 Å². The molecule has 2 aromatic rings. The third-order valence-electron chi connectivity index (χ3n) is 5.12. The molecule has 6 nitrogen and oxygen atoms in total. The molecule has 2 N–H and O–H groups in total. The molecule has 0 aliphatic carbocycles. The van der Waals surface area contributed by atoms with E-state index in [2.05, 4.69) is 9.89 Å². The van der Waals surface area contributed by atoms with Crippen LogP contribution in [0.4, 0.5) is 10.1 Å². The van der Waals surface area contributed by atoms with Crippen LogP contribution in [-0.4, -0.2) is 60.9 Å². The number of guanidine groups is 1. The Morgan fingerprint density at radius 1 is 1.07 bits per heavy atom. The van der Waals surface area contributed by atoms with Crippen LogP contribution in [0.3, 0.4) is 0 Å². The summed E-state index contributed by atoms with van der Waals surface area (Å²) in [5.41, 5.74) is 8.22. The minimum absolute atomic E-state index is 0. The molecule has 1 aliphatic heterocycles. The van der Waals surface area contributed by atoms with Gasteiger partial charge >= 0.3 is 0 Å². The van der Waals surface area contributed by atoms with Gasteiger partial charge in [0.25, 0.3) is 0 Å². The maximum Gasteiger partial charge on any atom is 0.244 e. The van der Waals surface area contributed by atoms with E-state index >= 15 is 0 Å². The molecule has 0 saturated carbocycles. The highest BCUT2D eigenvalue weighted by Gasteiger charge is 2.19. The minimum atomic E-state index is -0.234. The second kappa shape index (κ2) is 11.7. The molecular formula is C22H29FIN5O. The number of carbonyl (C=O) groups excluding carboxylic acids is 1. The van der Waals surface area contributed by atoms with E-state index in [9.17, 15) is 9.18 Å². The van der Waals surface area contributed by atoms with Crippen molar-refractivity contribution in [2.45, 2.75) is 13.5 Å². The van der Waals surface area contributed by atoms with Crippen LogP contribution >= 0.6 is 24.0 Å². The van der Waals surface area contributed by atoms with Crippen molar-refractivity contribution in [1.82, 2.24) is 9.80 Å². The Hall–Kier alpha value is -2.36. The van der Waals surface area contributed by atoms with Crippen LogP contribution in [0.25, 0.3) is 0 Å². The molecule has 3 rings (SSSR count). The van der Waals surface area contributed by atoms with Crippen LogP contribution in [-0.2, 0) is 11.3 Å². The van der Waals surface area contributed by atoms with Crippen LogP contribution in [0.1, 0.15) is 12.5 Å². The SMILES string of the molecule is CCN(Cc1ccccc1)C(=O)CN=C(N)N1CCN(c2ccc(F)cc2)CC1.I. The number of piperazine rings is 1. The van der Waals surface area contributed by atoms with Crippen molar-refractivity contribution >= 4 is 41.5 Å². The van der Waals surface area contributed by atoms with E-state index in [-0.39, 0.29) is 42.2 Å². The monoisotopic (exact) mass is 525 g/mol. The summed E-state index contributed by atoms with van der Waals surface area (Å²) in [4.78, 5) is 22.8. The summed E-state index contributed by atoms with van der Waals surface area (Å²) in [6, 6.07) is 16.4. The summed E-state index contributed by atoms with van der Waals surface area (Å²) < 4.78 is 13.1. The number of rotatable bonds is 6. The average molecular weight is 525 g/mol. The molecule has 0 aromatic heterocycles. The van der Waals surface area contributed by atoms with Crippen molar-refractivity contribution in [2.24, 2.45) is 10.7 Å². The van der Waals surface area contributed by atoms with Crippen LogP contribution in [0.5, 0.6) is 0 Å². The highest BCUT2D eigenvalue weighted by molar-refractivity contribution is 14.0. The zero-order valence-electron chi connectivity index (χ0n) is 17.2. The summed E-state index contributed by atoms with van der Waals surface area (Å²) >= 11 is 0. The van der Waals surface area contributed by atoms with Gasteiger partial charge < -0.3 is 20.4 Å². The zero-order chi connectivity index (χ0) is 20.6. The van der Waals surface area contributed by atoms with E-state index in [1.54, 1.807) is 17.0 Å². The molecule has 0 radical (unpaired) electrons. The zero-order valence-corrected chi connectivity index (χ0v) is 19.5. The Balaban J connectivity index is 0.00000320. The number of benzene rings is 2. The molecule has 0 atom stereocenters. The lowest BCUT2D eigenvalue weighted by Gasteiger charge is -2.36. The number of nitrogens with zero attached hydrogens (tertiary/aromatic N) is 4. The van der Waals surface area contributed by atoms with Gasteiger partial charge in [0.15, 0.2) is 5.96 Å². The predicted molar refractivity (Wildman–Crippen MR) is 130 cm³/mol. The van der Waals surface area contributed by atoms with Crippen molar-refractivity contribution in [1.29, 1.82) is 0 Å². The van der Waals surface area contributed by atoms with E-state index in [0.29, 0.717) is 32.1 Å². The van der Waals surface area contributed by atoms with Gasteiger partial charge in [-0.15, -0.1) is 24.0 Å². The van der Waals surface area contributed by atoms with Crippen molar-refractivity contribution in [2.75, 3.05) is 44.2 Å². The van der Waals surface area contributed by atoms with Crippen LogP contribution in [0, 0.1) is 5.82 Å². The third kappa shape index (κ3) is 6.58. The fraction of sp³-hybridized carbons (Fsp3) is 0.364. The first-order chi connectivity index (χ1) is 14.1. The molecule has 0 unspecified atom stereocenters. The third-order valence-corrected chi connectivity index (χ3v) is 5.12. The maximum atomic E-state index is 13.1. The summed E-state index contributed by atoms with van der Waals surface area (Å²) in [5, 5.41) is 0. The molecule has 162 valence electrons. The van der Waals surface area contributed by atoms with E-state index in [1.807, 2.05) is 42.2 Å². The summed E-state index contributed by atoms with van der Waals surface area (Å²) in [7, 11) is 0. The number of nitrogens with two attached hydrogens (primary N) is 1. The molecule has 8 heteroatoms. The van der Waals surface area contributed by atoms with Gasteiger partial charge in [-0.2, -0.15) is 0 Å². The Kier molecular flexibility index (Phi) is 9.35. The van der Waals surface area contributed by atoms with E-state index in [4.69, 9.17) is 5.73 Å². The molecule has 1 aliphatic rings. The summed E-state index contributed by atoms with van der Waals surface area (Å²) in [6.07, 6.45) is 0. The fourth-order valence-electron chi connectivity index (χ4n) is 3.37. The molecule has 2 aromatic carbocycles. The number of amides is 1. The topological polar surface area (TPSA) is 65.2 Å². The molecule has 1 amide bonds. The van der Waals surface area contributed by atoms with Crippen LogP contribution in [0.2, 0.25) is 0 Å². The number of aliphatic imine (C=N–C) groups is 1. The lowest BCUT2D eigenvalue weighted by molar-refractivity contribution is -0.130. The van der Waals surface area contributed by atoms with Crippen LogP contribution < -0.4 is 10.6 Å². The fourth-order valence-corrected chi connectivity index (χ4v) is 3.37. The standard InChI is InChI=1S/C22H28FN5O.HI/c1-2-26(17-18-6-4-3-5-7-18)21(29)16-25-22(24)28-14-12-27(13-15-28)20-10-8-19(23)9-11-20;/h3-11H,2,12-17H2,1H3,(H2,24,25);1H. The van der Waals surface area contributed by atoms with Gasteiger partial charge in [-0.1, -0.05) is 30.3 Å². The first-order valence-electron chi connectivity index (χ1n) is 9.94. The number of hydrogen-bond acceptors (Lipinski definition) is 3. The Labute approximate surface area is 194 Å². The number of anilines is 1. The number of likely N-dealkylation sites (N-methyl/N-ethyl adjacent to an activating group) is 1. The van der Waals surface area contributed by atoms with E-state index in [0.717, 1.165) is 24.3 Å². The van der Waals surface area contributed by atoms with Crippen LogP contribution in [0.15, 0.2) is 59.6 Å². The number of halogens is 2. The predicted octanol–water partition coefficient (Wildman–Crippen LogP) is 2.93. The van der Waals surface area contributed by atoms with Gasteiger partial charge in [-0.3, -0.25) is 4.79 Å². The molecule has 0 bridgehead atoms. The Bertz CT molecular complexity index is 823. The summed E-state index contributed by atoms with van der Waals surface area (Å²) in [5.74, 6) is 0.124. The average Bonchev–Trinajstić information content (AvgIpc) is 2.77. The molecular weight excluding hydrogens is 496 g/mol. The van der Waals surface area contributed by atoms with Crippen molar-refractivity contribution in [3.05, 3.63) is 66.0 Å². The van der Waals surface area contributed by atoms with Crippen molar-refractivity contribution in [3.63, 3.8) is 0 Å². The highest BCUT2D eigenvalue weighted by Crippen LogP contribution is 2.16. The Morgan fingerprint density at radius 2 is 1.70 bits per heavy atom. The van der Waals surface area contributed by atoms with Gasteiger partial charge in [0.05, 0.1) is 0 Å². The van der Waals surface area contributed by atoms with Crippen molar-refractivity contribution < 1.29 is 9.18 Å². The van der Waals surface area contributed by atoms with Gasteiger partial charge in [0, 0.05) is 45.0 Å². The quantitative estimate of drug-likeness (QED) is 0.358. The smallest absolute Gasteiger partial charge is 0.244 e. The van der Waals surface area contributed by atoms with Gasteiger partial charge in [0.2, 0.25) is 5.91 Å². The van der Waals surface area contributed by atoms with Crippen molar-refractivity contribution in [3.8, 4) is 0 Å². The molecule has 1 fully saturated rings.